The van der Waals surface area contributed by atoms with Crippen LogP contribution in [-0.4, -0.2) is 4.37 Å². The van der Waals surface area contributed by atoms with Crippen molar-refractivity contribution in [2.45, 2.75) is 20.3 Å². The van der Waals surface area contributed by atoms with Gasteiger partial charge in [-0.2, -0.15) is 0 Å². The summed E-state index contributed by atoms with van der Waals surface area (Å²) in [4.78, 5) is 11.9. The molecule has 0 aliphatic heterocycles. The van der Waals surface area contributed by atoms with E-state index in [0.29, 0.717) is 0 Å². The van der Waals surface area contributed by atoms with Crippen molar-refractivity contribution in [2.24, 2.45) is 0 Å². The zero-order chi connectivity index (χ0) is 6.85. The fraction of sp³-hybridized carbons (Fsp3) is 0.500. The number of rotatable bonds is 1. The minimum Gasteiger partial charge on any atom is -0.277 e. The molecule has 0 radical (unpaired) electrons. The molecule has 1 heterocycles. The molecule has 0 aliphatic carbocycles. The van der Waals surface area contributed by atoms with Crippen LogP contribution in [0.3, 0.4) is 0 Å². The fourth-order valence-corrected chi connectivity index (χ4v) is 1.48. The van der Waals surface area contributed by atoms with Gasteiger partial charge in [-0.15, -0.1) is 0 Å². The third-order valence-electron chi connectivity index (χ3n) is 1.35. The maximum atomic E-state index is 10.8. The Labute approximate surface area is 57.7 Å². The first-order valence-corrected chi connectivity index (χ1v) is 3.74. The smallest absolute Gasteiger partial charge is 0.261 e. The molecule has 0 aliphatic rings. The molecule has 0 spiro atoms. The van der Waals surface area contributed by atoms with E-state index in [0.717, 1.165) is 12.0 Å². The maximum Gasteiger partial charge on any atom is 0.261 e. The Kier molecular flexibility index (Phi) is 1.71. The molecule has 0 atom stereocenters. The zero-order valence-electron chi connectivity index (χ0n) is 5.52. The Morgan fingerprint density at radius 3 is 2.56 bits per heavy atom. The molecular weight excluding hydrogens is 134 g/mol. The van der Waals surface area contributed by atoms with Crippen molar-refractivity contribution in [3.8, 4) is 0 Å². The van der Waals surface area contributed by atoms with Crippen molar-refractivity contribution < 1.29 is 0 Å². The lowest BCUT2D eigenvalue weighted by molar-refractivity contribution is 1.15. The molecule has 2 nitrogen and oxygen atoms in total. The molecule has 9 heavy (non-hydrogen) atoms. The van der Waals surface area contributed by atoms with Crippen LogP contribution in [0.4, 0.5) is 0 Å². The summed E-state index contributed by atoms with van der Waals surface area (Å²) in [7, 11) is 0. The van der Waals surface area contributed by atoms with Crippen molar-refractivity contribution in [3.05, 3.63) is 20.8 Å². The molecule has 1 aromatic heterocycles. The van der Waals surface area contributed by atoms with Gasteiger partial charge in [0.05, 0.1) is 0 Å². The lowest BCUT2D eigenvalue weighted by Gasteiger charge is -1.84. The molecule has 0 saturated heterocycles. The molecule has 0 bridgehead atoms. The first-order valence-electron chi connectivity index (χ1n) is 2.92. The number of aromatic amines is 1. The number of aromatic nitrogens is 1. The van der Waals surface area contributed by atoms with Gasteiger partial charge in [0.15, 0.2) is 0 Å². The van der Waals surface area contributed by atoms with Crippen LogP contribution < -0.4 is 5.56 Å². The number of aryl methyl sites for hydroxylation is 1. The van der Waals surface area contributed by atoms with E-state index < -0.39 is 0 Å². The third kappa shape index (κ3) is 1.05. The second kappa shape index (κ2) is 2.35. The molecular formula is C6H9NOS. The van der Waals surface area contributed by atoms with Crippen LogP contribution >= 0.6 is 11.5 Å². The molecule has 1 aromatic rings. The summed E-state index contributed by atoms with van der Waals surface area (Å²) >= 11 is 1.44. The highest BCUT2D eigenvalue weighted by molar-refractivity contribution is 7.05. The SMILES string of the molecule is CCc1s[nH]c(=O)c1C. The van der Waals surface area contributed by atoms with Crippen LogP contribution in [0.5, 0.6) is 0 Å². The van der Waals surface area contributed by atoms with E-state index in [1.165, 1.54) is 16.4 Å². The van der Waals surface area contributed by atoms with Gasteiger partial charge in [-0.25, -0.2) is 0 Å². The van der Waals surface area contributed by atoms with Gasteiger partial charge < -0.3 is 0 Å². The van der Waals surface area contributed by atoms with Gasteiger partial charge in [0.25, 0.3) is 5.56 Å². The molecule has 1 rings (SSSR count). The average molecular weight is 143 g/mol. The molecule has 0 saturated carbocycles. The van der Waals surface area contributed by atoms with Gasteiger partial charge in [0, 0.05) is 10.4 Å². The summed E-state index contributed by atoms with van der Waals surface area (Å²) in [6.45, 7) is 3.90. The van der Waals surface area contributed by atoms with Gasteiger partial charge >= 0.3 is 0 Å². The molecule has 0 fully saturated rings. The summed E-state index contributed by atoms with van der Waals surface area (Å²) in [6, 6.07) is 0. The fourth-order valence-electron chi connectivity index (χ4n) is 0.725. The lowest BCUT2D eigenvalue weighted by Crippen LogP contribution is -2.00. The lowest BCUT2D eigenvalue weighted by atomic mass is 10.3. The number of H-pyrrole nitrogens is 1. The Balaban J connectivity index is 3.20. The van der Waals surface area contributed by atoms with Gasteiger partial charge in [-0.1, -0.05) is 18.5 Å². The highest BCUT2D eigenvalue weighted by Gasteiger charge is 2.00. The van der Waals surface area contributed by atoms with Gasteiger partial charge in [0.2, 0.25) is 0 Å². The van der Waals surface area contributed by atoms with E-state index in [1.54, 1.807) is 0 Å². The van der Waals surface area contributed by atoms with Crippen molar-refractivity contribution in [2.75, 3.05) is 0 Å². The molecule has 1 N–H and O–H groups in total. The standard InChI is InChI=1S/C6H9NOS/c1-3-5-4(2)6(8)7-9-5/h3H2,1-2H3,(H,7,8). The summed E-state index contributed by atoms with van der Waals surface area (Å²) in [6.07, 6.45) is 0.954. The van der Waals surface area contributed by atoms with Crippen LogP contribution in [0, 0.1) is 6.92 Å². The Bertz CT molecular complexity index is 248. The summed E-state index contributed by atoms with van der Waals surface area (Å²) < 4.78 is 2.67. The molecule has 0 amide bonds. The normalized spacial score (nSPS) is 10.0. The van der Waals surface area contributed by atoms with Gasteiger partial charge in [-0.05, 0) is 13.3 Å². The van der Waals surface area contributed by atoms with E-state index in [1.807, 2.05) is 13.8 Å². The minimum absolute atomic E-state index is 0.0665. The van der Waals surface area contributed by atoms with E-state index in [2.05, 4.69) is 4.37 Å². The van der Waals surface area contributed by atoms with Crippen molar-refractivity contribution in [1.82, 2.24) is 4.37 Å². The van der Waals surface area contributed by atoms with Crippen molar-refractivity contribution >= 4 is 11.5 Å². The number of hydrogen-bond donors (Lipinski definition) is 1. The van der Waals surface area contributed by atoms with E-state index in [9.17, 15) is 4.79 Å². The van der Waals surface area contributed by atoms with E-state index in [4.69, 9.17) is 0 Å². The maximum absolute atomic E-state index is 10.8. The minimum atomic E-state index is 0.0665. The first kappa shape index (κ1) is 6.55. The Morgan fingerprint density at radius 1 is 1.67 bits per heavy atom. The van der Waals surface area contributed by atoms with E-state index >= 15 is 0 Å². The van der Waals surface area contributed by atoms with Crippen molar-refractivity contribution in [3.63, 3.8) is 0 Å². The van der Waals surface area contributed by atoms with Gasteiger partial charge in [0.1, 0.15) is 0 Å². The quantitative estimate of drug-likeness (QED) is 0.631. The third-order valence-corrected chi connectivity index (χ3v) is 2.48. The summed E-state index contributed by atoms with van der Waals surface area (Å²) in [5.74, 6) is 0. The molecule has 50 valence electrons. The molecule has 3 heteroatoms. The largest absolute Gasteiger partial charge is 0.277 e. The van der Waals surface area contributed by atoms with Crippen LogP contribution in [0.1, 0.15) is 17.4 Å². The topological polar surface area (TPSA) is 32.9 Å². The number of hydrogen-bond acceptors (Lipinski definition) is 2. The Hall–Kier alpha value is -0.570. The second-order valence-electron chi connectivity index (χ2n) is 1.93. The summed E-state index contributed by atoms with van der Waals surface area (Å²) in [5.41, 5.74) is 0.944. The molecule has 0 unspecified atom stereocenters. The van der Waals surface area contributed by atoms with Crippen LogP contribution in [0.25, 0.3) is 0 Å². The first-order chi connectivity index (χ1) is 4.25. The molecule has 0 aromatic carbocycles. The zero-order valence-corrected chi connectivity index (χ0v) is 6.34. The predicted molar refractivity (Wildman–Crippen MR) is 39.1 cm³/mol. The average Bonchev–Trinajstić information content (AvgIpc) is 2.15. The monoisotopic (exact) mass is 143 g/mol. The van der Waals surface area contributed by atoms with Crippen LogP contribution in [0.2, 0.25) is 0 Å². The van der Waals surface area contributed by atoms with Crippen molar-refractivity contribution in [1.29, 1.82) is 0 Å². The predicted octanol–water partition coefficient (Wildman–Crippen LogP) is 1.31. The summed E-state index contributed by atoms with van der Waals surface area (Å²) in [5, 5.41) is 0. The van der Waals surface area contributed by atoms with Crippen LogP contribution in [0.15, 0.2) is 4.79 Å². The second-order valence-corrected chi connectivity index (χ2v) is 2.84. The number of nitrogens with one attached hydrogen (secondary N) is 1. The van der Waals surface area contributed by atoms with Gasteiger partial charge in [-0.3, -0.25) is 9.17 Å². The van der Waals surface area contributed by atoms with Crippen LogP contribution in [-0.2, 0) is 6.42 Å². The Morgan fingerprint density at radius 2 is 2.33 bits per heavy atom. The highest BCUT2D eigenvalue weighted by Crippen LogP contribution is 2.06. The highest BCUT2D eigenvalue weighted by atomic mass is 32.1. The van der Waals surface area contributed by atoms with E-state index in [-0.39, 0.29) is 5.56 Å².